The molecule has 25 heavy (non-hydrogen) atoms. The molecule has 2 aromatic carbocycles. The highest BCUT2D eigenvalue weighted by molar-refractivity contribution is 5.98. The molecular weight excluding hydrogens is 314 g/mol. The number of methoxy groups -OCH3 is 1. The van der Waals surface area contributed by atoms with Gasteiger partial charge in [-0.3, -0.25) is 0 Å². The monoisotopic (exact) mass is 335 g/mol. The molecule has 0 aliphatic heterocycles. The zero-order chi connectivity index (χ0) is 17.4. The predicted molar refractivity (Wildman–Crippen MR) is 97.4 cm³/mol. The van der Waals surface area contributed by atoms with Crippen molar-refractivity contribution < 1.29 is 14.6 Å². The van der Waals surface area contributed by atoms with Crippen LogP contribution in [0, 0.1) is 5.92 Å². The van der Waals surface area contributed by atoms with Crippen molar-refractivity contribution in [2.24, 2.45) is 5.92 Å². The first-order valence-electron chi connectivity index (χ1n) is 8.63. The van der Waals surface area contributed by atoms with Crippen molar-refractivity contribution in [1.29, 1.82) is 0 Å². The lowest BCUT2D eigenvalue weighted by molar-refractivity contribution is 0.0684. The number of aromatic nitrogens is 1. The first-order valence-corrected chi connectivity index (χ1v) is 8.63. The Kier molecular flexibility index (Phi) is 3.96. The second-order valence-corrected chi connectivity index (χ2v) is 6.73. The van der Waals surface area contributed by atoms with Gasteiger partial charge in [0.25, 0.3) is 0 Å². The van der Waals surface area contributed by atoms with Crippen LogP contribution in [0.2, 0.25) is 0 Å². The standard InChI is InChI=1S/C21H21NO3/c1-25-16-10-8-14(9-11-16)12-18-17-4-2-3-5-19(17)22(13-15-6-7-15)20(18)21(23)24/h2-5,8-11,15H,6-7,12-13H2,1H3,(H,23,24). The molecule has 4 heteroatoms. The van der Waals surface area contributed by atoms with Gasteiger partial charge in [-0.05, 0) is 48.1 Å². The summed E-state index contributed by atoms with van der Waals surface area (Å²) in [6, 6.07) is 15.8. The van der Waals surface area contributed by atoms with Gasteiger partial charge >= 0.3 is 5.97 Å². The molecule has 4 nitrogen and oxygen atoms in total. The first kappa shape index (κ1) is 15.8. The molecule has 128 valence electrons. The van der Waals surface area contributed by atoms with Crippen molar-refractivity contribution >= 4 is 16.9 Å². The largest absolute Gasteiger partial charge is 0.497 e. The number of hydrogen-bond acceptors (Lipinski definition) is 2. The number of ether oxygens (including phenoxy) is 1. The summed E-state index contributed by atoms with van der Waals surface area (Å²) in [7, 11) is 1.64. The third-order valence-electron chi connectivity index (χ3n) is 4.96. The number of rotatable bonds is 6. The molecule has 1 saturated carbocycles. The number of carboxylic acids is 1. The van der Waals surface area contributed by atoms with Crippen molar-refractivity contribution in [2.75, 3.05) is 7.11 Å². The summed E-state index contributed by atoms with van der Waals surface area (Å²) >= 11 is 0. The zero-order valence-corrected chi connectivity index (χ0v) is 14.2. The van der Waals surface area contributed by atoms with Crippen LogP contribution in [0.1, 0.15) is 34.5 Å². The van der Waals surface area contributed by atoms with E-state index in [4.69, 9.17) is 4.74 Å². The summed E-state index contributed by atoms with van der Waals surface area (Å²) in [5.74, 6) is 0.571. The summed E-state index contributed by atoms with van der Waals surface area (Å²) < 4.78 is 7.22. The van der Waals surface area contributed by atoms with E-state index in [2.05, 4.69) is 0 Å². The van der Waals surface area contributed by atoms with Crippen LogP contribution in [0.4, 0.5) is 0 Å². The minimum atomic E-state index is -0.847. The maximum Gasteiger partial charge on any atom is 0.352 e. The number of carboxylic acid groups (broad SMARTS) is 1. The average Bonchev–Trinajstić information content (AvgIpc) is 3.39. The Labute approximate surface area is 146 Å². The quantitative estimate of drug-likeness (QED) is 0.728. The van der Waals surface area contributed by atoms with Gasteiger partial charge in [-0.15, -0.1) is 0 Å². The highest BCUT2D eigenvalue weighted by atomic mass is 16.5. The normalized spacial score (nSPS) is 14.0. The van der Waals surface area contributed by atoms with Gasteiger partial charge < -0.3 is 14.4 Å². The molecule has 0 spiro atoms. The van der Waals surface area contributed by atoms with E-state index in [0.717, 1.165) is 34.3 Å². The third-order valence-corrected chi connectivity index (χ3v) is 4.96. The molecule has 1 N–H and O–H groups in total. The average molecular weight is 335 g/mol. The number of para-hydroxylation sites is 1. The number of benzene rings is 2. The van der Waals surface area contributed by atoms with E-state index < -0.39 is 5.97 Å². The van der Waals surface area contributed by atoms with E-state index in [1.807, 2.05) is 53.1 Å². The highest BCUT2D eigenvalue weighted by Crippen LogP contribution is 2.35. The van der Waals surface area contributed by atoms with Crippen molar-refractivity contribution in [1.82, 2.24) is 4.57 Å². The van der Waals surface area contributed by atoms with Crippen LogP contribution in [0.15, 0.2) is 48.5 Å². The number of nitrogens with zero attached hydrogens (tertiary/aromatic N) is 1. The third kappa shape index (κ3) is 3.00. The lowest BCUT2D eigenvalue weighted by Gasteiger charge is -2.08. The van der Waals surface area contributed by atoms with Crippen LogP contribution in [0.25, 0.3) is 10.9 Å². The second-order valence-electron chi connectivity index (χ2n) is 6.73. The molecule has 3 aromatic rings. The number of hydrogen-bond donors (Lipinski definition) is 1. The molecule has 1 aromatic heterocycles. The van der Waals surface area contributed by atoms with Crippen LogP contribution in [-0.2, 0) is 13.0 Å². The van der Waals surface area contributed by atoms with Crippen molar-refractivity contribution in [3.63, 3.8) is 0 Å². The molecule has 1 aliphatic carbocycles. The van der Waals surface area contributed by atoms with Gasteiger partial charge in [0.1, 0.15) is 11.4 Å². The van der Waals surface area contributed by atoms with Crippen LogP contribution >= 0.6 is 0 Å². The zero-order valence-electron chi connectivity index (χ0n) is 14.2. The van der Waals surface area contributed by atoms with E-state index in [-0.39, 0.29) is 0 Å². The van der Waals surface area contributed by atoms with Crippen molar-refractivity contribution in [3.8, 4) is 5.75 Å². The van der Waals surface area contributed by atoms with Gasteiger partial charge in [0, 0.05) is 23.9 Å². The van der Waals surface area contributed by atoms with Gasteiger partial charge in [-0.25, -0.2) is 4.79 Å². The van der Waals surface area contributed by atoms with Crippen molar-refractivity contribution in [2.45, 2.75) is 25.8 Å². The summed E-state index contributed by atoms with van der Waals surface area (Å²) in [5.41, 5.74) is 3.44. The minimum absolute atomic E-state index is 0.434. The molecule has 0 saturated heterocycles. The predicted octanol–water partition coefficient (Wildman–Crippen LogP) is 4.35. The Morgan fingerprint density at radius 3 is 2.52 bits per heavy atom. The smallest absolute Gasteiger partial charge is 0.352 e. The van der Waals surface area contributed by atoms with Crippen LogP contribution < -0.4 is 4.74 Å². The molecule has 4 rings (SSSR count). The fraction of sp³-hybridized carbons (Fsp3) is 0.286. The minimum Gasteiger partial charge on any atom is -0.497 e. The topological polar surface area (TPSA) is 51.5 Å². The van der Waals surface area contributed by atoms with Crippen LogP contribution in [-0.4, -0.2) is 22.8 Å². The van der Waals surface area contributed by atoms with Crippen LogP contribution in [0.5, 0.6) is 5.75 Å². The molecule has 0 atom stereocenters. The number of aromatic carboxylic acids is 1. The summed E-state index contributed by atoms with van der Waals surface area (Å²) in [4.78, 5) is 12.1. The SMILES string of the molecule is COc1ccc(Cc2c(C(=O)O)n(CC3CC3)c3ccccc23)cc1. The number of carbonyl (C=O) groups is 1. The summed E-state index contributed by atoms with van der Waals surface area (Å²) in [6.45, 7) is 0.796. The second kappa shape index (κ2) is 6.28. The molecule has 0 radical (unpaired) electrons. The maximum absolute atomic E-state index is 12.1. The molecule has 1 aliphatic rings. The van der Waals surface area contributed by atoms with E-state index in [0.29, 0.717) is 18.0 Å². The molecule has 0 unspecified atom stereocenters. The molecular formula is C21H21NO3. The van der Waals surface area contributed by atoms with Gasteiger partial charge in [0.05, 0.1) is 7.11 Å². The van der Waals surface area contributed by atoms with Gasteiger partial charge in [0.2, 0.25) is 0 Å². The Bertz CT molecular complexity index is 920. The van der Waals surface area contributed by atoms with E-state index in [1.54, 1.807) is 7.11 Å². The fourth-order valence-electron chi connectivity index (χ4n) is 3.49. The lowest BCUT2D eigenvalue weighted by atomic mass is 10.0. The Balaban J connectivity index is 1.82. The molecule has 1 heterocycles. The van der Waals surface area contributed by atoms with Crippen molar-refractivity contribution in [3.05, 3.63) is 65.4 Å². The first-order chi connectivity index (χ1) is 12.2. The molecule has 0 bridgehead atoms. The van der Waals surface area contributed by atoms with E-state index >= 15 is 0 Å². The Morgan fingerprint density at radius 2 is 1.88 bits per heavy atom. The number of fused-ring (bicyclic) bond motifs is 1. The van der Waals surface area contributed by atoms with Gasteiger partial charge in [-0.2, -0.15) is 0 Å². The molecule has 1 fully saturated rings. The summed E-state index contributed by atoms with van der Waals surface area (Å²) in [6.07, 6.45) is 2.99. The van der Waals surface area contributed by atoms with Crippen LogP contribution in [0.3, 0.4) is 0 Å². The van der Waals surface area contributed by atoms with E-state index in [9.17, 15) is 9.90 Å². The summed E-state index contributed by atoms with van der Waals surface area (Å²) in [5, 5.41) is 10.9. The lowest BCUT2D eigenvalue weighted by Crippen LogP contribution is -2.12. The highest BCUT2D eigenvalue weighted by Gasteiger charge is 2.28. The van der Waals surface area contributed by atoms with Gasteiger partial charge in [-0.1, -0.05) is 30.3 Å². The van der Waals surface area contributed by atoms with Gasteiger partial charge in [0.15, 0.2) is 0 Å². The Morgan fingerprint density at radius 1 is 1.16 bits per heavy atom. The maximum atomic E-state index is 12.1. The van der Waals surface area contributed by atoms with E-state index in [1.165, 1.54) is 12.8 Å². The Hall–Kier alpha value is -2.75. The molecule has 0 amide bonds. The fourth-order valence-corrected chi connectivity index (χ4v) is 3.49.